The molecule has 0 saturated heterocycles. The van der Waals surface area contributed by atoms with E-state index in [2.05, 4.69) is 9.46 Å². The first kappa shape index (κ1) is 15.4. The zero-order chi connectivity index (χ0) is 14.8. The van der Waals surface area contributed by atoms with Gasteiger partial charge in [0.2, 0.25) is 10.0 Å². The topological polar surface area (TPSA) is 110 Å². The molecule has 0 saturated carbocycles. The third-order valence-corrected chi connectivity index (χ3v) is 5.11. The van der Waals surface area contributed by atoms with Crippen LogP contribution in [0.4, 0.5) is 5.69 Å². The minimum absolute atomic E-state index is 0.0201. The number of esters is 1. The quantitative estimate of drug-likeness (QED) is 0.787. The minimum atomic E-state index is -4.05. The summed E-state index contributed by atoms with van der Waals surface area (Å²) >= 11 is 0.908. The van der Waals surface area contributed by atoms with E-state index >= 15 is 0 Å². The molecule has 0 bridgehead atoms. The van der Waals surface area contributed by atoms with E-state index in [9.17, 15) is 18.0 Å². The van der Waals surface area contributed by atoms with Gasteiger partial charge >= 0.3 is 11.9 Å². The van der Waals surface area contributed by atoms with Crippen molar-refractivity contribution < 1.29 is 27.9 Å². The number of rotatable bonds is 5. The maximum absolute atomic E-state index is 11.9. The number of carboxylic acids is 1. The molecular formula is C10H13NO6S2. The zero-order valence-electron chi connectivity index (χ0n) is 10.5. The number of carboxylic acid groups (broad SMARTS) is 1. The van der Waals surface area contributed by atoms with Crippen molar-refractivity contribution in [1.82, 2.24) is 0 Å². The summed E-state index contributed by atoms with van der Waals surface area (Å²) in [6.07, 6.45) is 0. The molecule has 7 nitrogen and oxygen atoms in total. The average Bonchev–Trinajstić information content (AvgIpc) is 2.68. The maximum Gasteiger partial charge on any atom is 0.348 e. The van der Waals surface area contributed by atoms with Crippen LogP contribution in [-0.2, 0) is 19.6 Å². The molecule has 0 aliphatic rings. The predicted octanol–water partition coefficient (Wildman–Crippen LogP) is 1.06. The van der Waals surface area contributed by atoms with E-state index in [1.54, 1.807) is 6.92 Å². The number of carbonyl (C=O) groups excluding carboxylic acids is 1. The van der Waals surface area contributed by atoms with Crippen molar-refractivity contribution in [1.29, 1.82) is 0 Å². The molecule has 9 heteroatoms. The van der Waals surface area contributed by atoms with Crippen LogP contribution in [0.25, 0.3) is 0 Å². The second-order valence-electron chi connectivity index (χ2n) is 3.74. The third kappa shape index (κ3) is 3.24. The summed E-state index contributed by atoms with van der Waals surface area (Å²) in [6, 6.07) is 0. The first-order chi connectivity index (χ1) is 8.70. The number of hydrogen-bond acceptors (Lipinski definition) is 6. The molecule has 0 aromatic carbocycles. The number of ether oxygens (including phenoxy) is 1. The van der Waals surface area contributed by atoms with Crippen molar-refractivity contribution in [3.05, 3.63) is 15.8 Å². The van der Waals surface area contributed by atoms with Crippen molar-refractivity contribution in [2.75, 3.05) is 11.8 Å². The van der Waals surface area contributed by atoms with Crippen LogP contribution in [0.3, 0.4) is 0 Å². The standard InChI is InChI=1S/C10H13NO6S2/c1-5-4-18-8(9(12)13)7(5)11-19(15,16)6(2)10(14)17-3/h4,6,11H,1-3H3,(H,12,13). The van der Waals surface area contributed by atoms with Gasteiger partial charge in [-0.2, -0.15) is 0 Å². The molecule has 1 heterocycles. The van der Waals surface area contributed by atoms with Gasteiger partial charge in [-0.1, -0.05) is 0 Å². The van der Waals surface area contributed by atoms with E-state index in [-0.39, 0.29) is 10.6 Å². The van der Waals surface area contributed by atoms with Crippen LogP contribution in [0, 0.1) is 6.92 Å². The Labute approximate surface area is 114 Å². The predicted molar refractivity (Wildman–Crippen MR) is 70.0 cm³/mol. The van der Waals surface area contributed by atoms with Crippen LogP contribution in [-0.4, -0.2) is 37.8 Å². The van der Waals surface area contributed by atoms with Crippen molar-refractivity contribution in [2.45, 2.75) is 19.1 Å². The Balaban J connectivity index is 3.12. The van der Waals surface area contributed by atoms with Crippen molar-refractivity contribution >= 4 is 39.0 Å². The van der Waals surface area contributed by atoms with Crippen LogP contribution in [0.5, 0.6) is 0 Å². The Morgan fingerprint density at radius 1 is 1.47 bits per heavy atom. The lowest BCUT2D eigenvalue weighted by molar-refractivity contribution is -0.139. The highest BCUT2D eigenvalue weighted by atomic mass is 32.2. The summed E-state index contributed by atoms with van der Waals surface area (Å²) in [7, 11) is -2.98. The summed E-state index contributed by atoms with van der Waals surface area (Å²) in [5, 5.41) is 9.04. The largest absolute Gasteiger partial charge is 0.477 e. The number of hydrogen-bond donors (Lipinski definition) is 2. The maximum atomic E-state index is 11.9. The molecule has 1 unspecified atom stereocenters. The lowest BCUT2D eigenvalue weighted by Crippen LogP contribution is -2.33. The van der Waals surface area contributed by atoms with Crippen molar-refractivity contribution in [3.63, 3.8) is 0 Å². The van der Waals surface area contributed by atoms with Crippen LogP contribution in [0.1, 0.15) is 22.2 Å². The molecule has 1 atom stereocenters. The highest BCUT2D eigenvalue weighted by Crippen LogP contribution is 2.29. The molecule has 0 spiro atoms. The molecule has 0 radical (unpaired) electrons. The number of aryl methyl sites for hydroxylation is 1. The summed E-state index contributed by atoms with van der Waals surface area (Å²) in [5.74, 6) is -2.15. The lowest BCUT2D eigenvalue weighted by atomic mass is 10.3. The van der Waals surface area contributed by atoms with Crippen molar-refractivity contribution in [3.8, 4) is 0 Å². The second-order valence-corrected chi connectivity index (χ2v) is 6.62. The fraction of sp³-hybridized carbons (Fsp3) is 0.400. The van der Waals surface area contributed by atoms with Gasteiger partial charge in [0.25, 0.3) is 0 Å². The molecule has 1 rings (SSSR count). The molecule has 2 N–H and O–H groups in total. The number of aromatic carboxylic acids is 1. The van der Waals surface area contributed by atoms with Gasteiger partial charge in [-0.15, -0.1) is 11.3 Å². The smallest absolute Gasteiger partial charge is 0.348 e. The van der Waals surface area contributed by atoms with Gasteiger partial charge in [-0.25, -0.2) is 13.2 Å². The third-order valence-electron chi connectivity index (χ3n) is 2.41. The van der Waals surface area contributed by atoms with Gasteiger partial charge in [-0.3, -0.25) is 9.52 Å². The first-order valence-corrected chi connectivity index (χ1v) is 7.54. The molecular weight excluding hydrogens is 294 g/mol. The minimum Gasteiger partial charge on any atom is -0.477 e. The number of sulfonamides is 1. The lowest BCUT2D eigenvalue weighted by Gasteiger charge is -2.13. The fourth-order valence-electron chi connectivity index (χ4n) is 1.25. The Hall–Kier alpha value is -1.61. The van der Waals surface area contributed by atoms with Gasteiger partial charge in [-0.05, 0) is 24.8 Å². The molecule has 0 fully saturated rings. The number of carbonyl (C=O) groups is 2. The molecule has 0 amide bonds. The van der Waals surface area contributed by atoms with Gasteiger partial charge in [0.05, 0.1) is 12.8 Å². The molecule has 19 heavy (non-hydrogen) atoms. The van der Waals surface area contributed by atoms with E-state index in [4.69, 9.17) is 5.11 Å². The second kappa shape index (κ2) is 5.57. The van der Waals surface area contributed by atoms with E-state index in [0.717, 1.165) is 25.4 Å². The Kier molecular flexibility index (Phi) is 4.53. The Morgan fingerprint density at radius 2 is 2.05 bits per heavy atom. The number of thiophene rings is 1. The molecule has 0 aliphatic carbocycles. The van der Waals surface area contributed by atoms with Gasteiger partial charge in [0.15, 0.2) is 5.25 Å². The van der Waals surface area contributed by atoms with Crippen LogP contribution in [0.2, 0.25) is 0 Å². The van der Waals surface area contributed by atoms with E-state index < -0.39 is 27.2 Å². The Morgan fingerprint density at radius 3 is 2.53 bits per heavy atom. The SMILES string of the molecule is COC(=O)C(C)S(=O)(=O)Nc1c(C)csc1C(=O)O. The molecule has 106 valence electrons. The summed E-state index contributed by atoms with van der Waals surface area (Å²) < 4.78 is 30.3. The van der Waals surface area contributed by atoms with E-state index in [1.165, 1.54) is 5.38 Å². The molecule has 0 aliphatic heterocycles. The van der Waals surface area contributed by atoms with Gasteiger partial charge in [0, 0.05) is 0 Å². The summed E-state index contributed by atoms with van der Waals surface area (Å²) in [6.45, 7) is 2.74. The monoisotopic (exact) mass is 307 g/mol. The highest BCUT2D eigenvalue weighted by Gasteiger charge is 2.31. The molecule has 1 aromatic heterocycles. The zero-order valence-corrected chi connectivity index (χ0v) is 12.1. The van der Waals surface area contributed by atoms with Crippen LogP contribution < -0.4 is 4.72 Å². The van der Waals surface area contributed by atoms with Crippen LogP contribution >= 0.6 is 11.3 Å². The number of anilines is 1. The van der Waals surface area contributed by atoms with E-state index in [1.807, 2.05) is 0 Å². The van der Waals surface area contributed by atoms with Crippen molar-refractivity contribution in [2.24, 2.45) is 0 Å². The first-order valence-electron chi connectivity index (χ1n) is 5.11. The highest BCUT2D eigenvalue weighted by molar-refractivity contribution is 7.94. The summed E-state index contributed by atoms with van der Waals surface area (Å²) in [4.78, 5) is 22.1. The summed E-state index contributed by atoms with van der Waals surface area (Å²) in [5.41, 5.74) is 0.455. The average molecular weight is 307 g/mol. The normalized spacial score (nSPS) is 12.8. The molecule has 1 aromatic rings. The van der Waals surface area contributed by atoms with Gasteiger partial charge in [0.1, 0.15) is 4.88 Å². The van der Waals surface area contributed by atoms with E-state index in [0.29, 0.717) is 5.56 Å². The van der Waals surface area contributed by atoms with Crippen LogP contribution in [0.15, 0.2) is 5.38 Å². The fourth-order valence-corrected chi connectivity index (χ4v) is 3.23. The Bertz CT molecular complexity index is 604. The number of methoxy groups -OCH3 is 1. The van der Waals surface area contributed by atoms with Gasteiger partial charge < -0.3 is 9.84 Å². The number of nitrogens with one attached hydrogen (secondary N) is 1.